The molecule has 0 bridgehead atoms. The molecule has 0 aliphatic carbocycles. The van der Waals surface area contributed by atoms with Crippen LogP contribution in [0.15, 0.2) is 29.3 Å². The molecule has 1 aromatic rings. The number of hydrogen-bond acceptors (Lipinski definition) is 3. The third-order valence-electron chi connectivity index (χ3n) is 3.21. The number of benzene rings is 1. The number of guanidine groups is 1. The standard InChI is InChI=1S/C16H26FN3O2S/c1-4-18-16(20-13(2)9-11-23(3,21)22)19-10-8-14-6-5-7-15(17)12-14/h5-7,12-13H,4,8-11H2,1-3H3,(H2,18,19,20). The van der Waals surface area contributed by atoms with Crippen molar-refractivity contribution >= 4 is 15.8 Å². The van der Waals surface area contributed by atoms with E-state index in [9.17, 15) is 12.8 Å². The van der Waals surface area contributed by atoms with Crippen LogP contribution in [0.25, 0.3) is 0 Å². The van der Waals surface area contributed by atoms with E-state index >= 15 is 0 Å². The van der Waals surface area contributed by atoms with Crippen LogP contribution in [0.4, 0.5) is 4.39 Å². The summed E-state index contributed by atoms with van der Waals surface area (Å²) in [5.74, 6) is 0.542. The van der Waals surface area contributed by atoms with Gasteiger partial charge >= 0.3 is 0 Å². The molecule has 1 atom stereocenters. The average molecular weight is 343 g/mol. The van der Waals surface area contributed by atoms with E-state index in [0.29, 0.717) is 31.9 Å². The molecule has 0 saturated carbocycles. The Balaban J connectivity index is 2.52. The Morgan fingerprint density at radius 3 is 2.74 bits per heavy atom. The minimum atomic E-state index is -2.96. The molecule has 0 aliphatic heterocycles. The third-order valence-corrected chi connectivity index (χ3v) is 4.19. The summed E-state index contributed by atoms with van der Waals surface area (Å²) >= 11 is 0. The number of halogens is 1. The van der Waals surface area contributed by atoms with Gasteiger partial charge in [0.25, 0.3) is 0 Å². The SMILES string of the molecule is CCNC(=NCCc1cccc(F)c1)NC(C)CCS(C)(=O)=O. The van der Waals surface area contributed by atoms with E-state index < -0.39 is 9.84 Å². The van der Waals surface area contributed by atoms with Gasteiger partial charge in [0.05, 0.1) is 5.75 Å². The monoisotopic (exact) mass is 343 g/mol. The number of nitrogens with zero attached hydrogens (tertiary/aromatic N) is 1. The second kappa shape index (κ2) is 9.50. The lowest BCUT2D eigenvalue weighted by atomic mass is 10.1. The van der Waals surface area contributed by atoms with Gasteiger partial charge in [0, 0.05) is 25.4 Å². The van der Waals surface area contributed by atoms with E-state index in [4.69, 9.17) is 0 Å². The molecule has 0 fully saturated rings. The summed E-state index contributed by atoms with van der Waals surface area (Å²) in [5, 5.41) is 6.31. The minimum Gasteiger partial charge on any atom is -0.357 e. The van der Waals surface area contributed by atoms with Gasteiger partial charge in [-0.2, -0.15) is 0 Å². The van der Waals surface area contributed by atoms with E-state index in [1.54, 1.807) is 6.07 Å². The molecule has 130 valence electrons. The Labute approximate surface area is 138 Å². The zero-order valence-corrected chi connectivity index (χ0v) is 14.8. The maximum Gasteiger partial charge on any atom is 0.191 e. The van der Waals surface area contributed by atoms with E-state index in [2.05, 4.69) is 15.6 Å². The molecule has 2 N–H and O–H groups in total. The van der Waals surface area contributed by atoms with Crippen LogP contribution in [-0.2, 0) is 16.3 Å². The molecule has 5 nitrogen and oxygen atoms in total. The fraction of sp³-hybridized carbons (Fsp3) is 0.562. The second-order valence-corrected chi connectivity index (χ2v) is 7.86. The fourth-order valence-corrected chi connectivity index (χ4v) is 2.79. The first kappa shape index (κ1) is 19.4. The Hall–Kier alpha value is -1.63. The topological polar surface area (TPSA) is 70.6 Å². The summed E-state index contributed by atoms with van der Waals surface area (Å²) in [6, 6.07) is 6.47. The average Bonchev–Trinajstić information content (AvgIpc) is 2.45. The number of rotatable bonds is 8. The molecule has 0 heterocycles. The highest BCUT2D eigenvalue weighted by atomic mass is 32.2. The summed E-state index contributed by atoms with van der Waals surface area (Å²) in [6.07, 6.45) is 2.40. The molecule has 0 aliphatic rings. The summed E-state index contributed by atoms with van der Waals surface area (Å²) in [4.78, 5) is 4.45. The molecule has 0 aromatic heterocycles. The molecule has 1 unspecified atom stereocenters. The molecule has 0 saturated heterocycles. The molecule has 1 rings (SSSR count). The van der Waals surface area contributed by atoms with E-state index in [1.165, 1.54) is 18.4 Å². The van der Waals surface area contributed by atoms with Crippen molar-refractivity contribution in [2.45, 2.75) is 32.7 Å². The summed E-state index contributed by atoms with van der Waals surface area (Å²) in [7, 11) is -2.96. The zero-order chi connectivity index (χ0) is 17.3. The van der Waals surface area contributed by atoms with Gasteiger partial charge in [-0.25, -0.2) is 12.8 Å². The van der Waals surface area contributed by atoms with Crippen LogP contribution in [0, 0.1) is 5.82 Å². The molecule has 0 amide bonds. The van der Waals surface area contributed by atoms with Crippen molar-refractivity contribution in [3.05, 3.63) is 35.6 Å². The summed E-state index contributed by atoms with van der Waals surface area (Å²) in [5.41, 5.74) is 0.898. The van der Waals surface area contributed by atoms with Gasteiger partial charge in [0.1, 0.15) is 15.7 Å². The fourth-order valence-electron chi connectivity index (χ4n) is 2.01. The number of aliphatic imine (C=N–C) groups is 1. The highest BCUT2D eigenvalue weighted by molar-refractivity contribution is 7.90. The second-order valence-electron chi connectivity index (χ2n) is 5.60. The van der Waals surface area contributed by atoms with Crippen molar-refractivity contribution in [2.24, 2.45) is 4.99 Å². The lowest BCUT2D eigenvalue weighted by Crippen LogP contribution is -2.43. The molecule has 23 heavy (non-hydrogen) atoms. The van der Waals surface area contributed by atoms with Crippen LogP contribution in [0.1, 0.15) is 25.8 Å². The van der Waals surface area contributed by atoms with Crippen molar-refractivity contribution in [1.29, 1.82) is 0 Å². The lowest BCUT2D eigenvalue weighted by Gasteiger charge is -2.17. The van der Waals surface area contributed by atoms with Gasteiger partial charge in [-0.15, -0.1) is 0 Å². The number of hydrogen-bond donors (Lipinski definition) is 2. The molecular formula is C16H26FN3O2S. The van der Waals surface area contributed by atoms with Crippen LogP contribution in [0.5, 0.6) is 0 Å². The molecule has 0 radical (unpaired) electrons. The quantitative estimate of drug-likeness (QED) is 0.557. The molecule has 7 heteroatoms. The van der Waals surface area contributed by atoms with Crippen molar-refractivity contribution in [2.75, 3.05) is 25.1 Å². The maximum absolute atomic E-state index is 13.1. The Morgan fingerprint density at radius 2 is 2.13 bits per heavy atom. The van der Waals surface area contributed by atoms with Crippen LogP contribution < -0.4 is 10.6 Å². The molecular weight excluding hydrogens is 317 g/mol. The van der Waals surface area contributed by atoms with E-state index in [0.717, 1.165) is 5.56 Å². The highest BCUT2D eigenvalue weighted by Crippen LogP contribution is 2.04. The lowest BCUT2D eigenvalue weighted by molar-refractivity contribution is 0.581. The smallest absolute Gasteiger partial charge is 0.191 e. The minimum absolute atomic E-state index is 0.00306. The first-order valence-corrected chi connectivity index (χ1v) is 9.83. The van der Waals surface area contributed by atoms with Crippen molar-refractivity contribution < 1.29 is 12.8 Å². The van der Waals surface area contributed by atoms with Gasteiger partial charge < -0.3 is 10.6 Å². The van der Waals surface area contributed by atoms with E-state index in [1.807, 2.05) is 19.9 Å². The van der Waals surface area contributed by atoms with Gasteiger partial charge in [-0.1, -0.05) is 12.1 Å². The summed E-state index contributed by atoms with van der Waals surface area (Å²) in [6.45, 7) is 5.12. The van der Waals surface area contributed by atoms with Crippen LogP contribution >= 0.6 is 0 Å². The normalized spacial score (nSPS) is 13.7. The summed E-state index contributed by atoms with van der Waals surface area (Å²) < 4.78 is 35.5. The van der Waals surface area contributed by atoms with Crippen LogP contribution in [0.3, 0.4) is 0 Å². The molecule has 1 aromatic carbocycles. The predicted octanol–water partition coefficient (Wildman–Crippen LogP) is 1.75. The third kappa shape index (κ3) is 9.18. The molecule has 0 spiro atoms. The van der Waals surface area contributed by atoms with Crippen molar-refractivity contribution in [3.63, 3.8) is 0 Å². The van der Waals surface area contributed by atoms with Crippen molar-refractivity contribution in [1.82, 2.24) is 10.6 Å². The number of sulfone groups is 1. The Kier molecular flexibility index (Phi) is 8.02. The van der Waals surface area contributed by atoms with Crippen LogP contribution in [-0.4, -0.2) is 45.5 Å². The van der Waals surface area contributed by atoms with Crippen LogP contribution in [0.2, 0.25) is 0 Å². The van der Waals surface area contributed by atoms with Gasteiger partial charge in [-0.05, 0) is 44.4 Å². The Morgan fingerprint density at radius 1 is 1.39 bits per heavy atom. The highest BCUT2D eigenvalue weighted by Gasteiger charge is 2.09. The first-order chi connectivity index (χ1) is 10.8. The van der Waals surface area contributed by atoms with Gasteiger partial charge in [0.2, 0.25) is 0 Å². The first-order valence-electron chi connectivity index (χ1n) is 7.77. The van der Waals surface area contributed by atoms with Gasteiger partial charge in [0.15, 0.2) is 5.96 Å². The number of nitrogens with one attached hydrogen (secondary N) is 2. The van der Waals surface area contributed by atoms with Crippen molar-refractivity contribution in [3.8, 4) is 0 Å². The largest absolute Gasteiger partial charge is 0.357 e. The zero-order valence-electron chi connectivity index (χ0n) is 14.0. The Bertz CT molecular complexity index is 618. The maximum atomic E-state index is 13.1. The van der Waals surface area contributed by atoms with E-state index in [-0.39, 0.29) is 17.6 Å². The predicted molar refractivity (Wildman–Crippen MR) is 93.0 cm³/mol. The van der Waals surface area contributed by atoms with Gasteiger partial charge in [-0.3, -0.25) is 4.99 Å².